The summed E-state index contributed by atoms with van der Waals surface area (Å²) in [5.74, 6) is -0.411. The van der Waals surface area contributed by atoms with Gasteiger partial charge in [-0.15, -0.1) is 5.10 Å². The van der Waals surface area contributed by atoms with Crippen molar-refractivity contribution < 1.29 is 8.78 Å². The van der Waals surface area contributed by atoms with Crippen LogP contribution >= 0.6 is 0 Å². The van der Waals surface area contributed by atoms with Crippen molar-refractivity contribution in [2.45, 2.75) is 19.8 Å². The lowest BCUT2D eigenvalue weighted by Gasteiger charge is -1.96. The van der Waals surface area contributed by atoms with Gasteiger partial charge >= 0.3 is 0 Å². The van der Waals surface area contributed by atoms with Crippen molar-refractivity contribution in [3.63, 3.8) is 0 Å². The molecule has 0 bridgehead atoms. The van der Waals surface area contributed by atoms with E-state index in [1.54, 1.807) is 12.3 Å². The minimum Gasteiger partial charge on any atom is -0.220 e. The molecule has 0 unspecified atom stereocenters. The van der Waals surface area contributed by atoms with Crippen molar-refractivity contribution >= 4 is 5.65 Å². The van der Waals surface area contributed by atoms with Crippen molar-refractivity contribution in [3.8, 4) is 0 Å². The SMILES string of the molecule is CCc1cccn2nc(C(F)F)nc12. The fourth-order valence-electron chi connectivity index (χ4n) is 1.35. The molecule has 0 aliphatic rings. The number of fused-ring (bicyclic) bond motifs is 1. The summed E-state index contributed by atoms with van der Waals surface area (Å²) in [6.45, 7) is 1.95. The zero-order valence-electron chi connectivity index (χ0n) is 7.61. The second-order valence-electron chi connectivity index (χ2n) is 2.93. The highest BCUT2D eigenvalue weighted by Gasteiger charge is 2.14. The van der Waals surface area contributed by atoms with Crippen LogP contribution in [0.5, 0.6) is 0 Å². The molecule has 0 amide bonds. The Morgan fingerprint density at radius 2 is 2.29 bits per heavy atom. The van der Waals surface area contributed by atoms with E-state index in [4.69, 9.17) is 0 Å². The summed E-state index contributed by atoms with van der Waals surface area (Å²) >= 11 is 0. The van der Waals surface area contributed by atoms with Gasteiger partial charge in [0.05, 0.1) is 0 Å². The van der Waals surface area contributed by atoms with Gasteiger partial charge in [-0.25, -0.2) is 18.3 Å². The van der Waals surface area contributed by atoms with E-state index in [9.17, 15) is 8.78 Å². The first-order chi connectivity index (χ1) is 6.72. The lowest BCUT2D eigenvalue weighted by Crippen LogP contribution is -1.91. The summed E-state index contributed by atoms with van der Waals surface area (Å²) in [4.78, 5) is 3.78. The quantitative estimate of drug-likeness (QED) is 0.739. The van der Waals surface area contributed by atoms with E-state index >= 15 is 0 Å². The summed E-state index contributed by atoms with van der Waals surface area (Å²) in [7, 11) is 0. The third kappa shape index (κ3) is 1.34. The molecule has 2 rings (SSSR count). The summed E-state index contributed by atoms with van der Waals surface area (Å²) in [6.07, 6.45) is -0.237. The van der Waals surface area contributed by atoms with Gasteiger partial charge in [0.15, 0.2) is 5.65 Å². The van der Waals surface area contributed by atoms with Crippen LogP contribution < -0.4 is 0 Å². The third-order valence-electron chi connectivity index (χ3n) is 2.04. The standard InChI is InChI=1S/C9H9F2N3/c1-2-6-4-3-5-14-9(6)12-8(13-14)7(10)11/h3-5,7H,2H2,1H3. The Labute approximate surface area is 79.4 Å². The highest BCUT2D eigenvalue weighted by molar-refractivity contribution is 5.46. The van der Waals surface area contributed by atoms with Crippen LogP contribution in [0, 0.1) is 0 Å². The smallest absolute Gasteiger partial charge is 0.220 e. The first kappa shape index (κ1) is 9.05. The molecule has 0 spiro atoms. The number of alkyl halides is 2. The minimum absolute atomic E-state index is 0.411. The molecule has 5 heteroatoms. The number of aromatic nitrogens is 3. The van der Waals surface area contributed by atoms with Crippen LogP contribution in [-0.4, -0.2) is 14.6 Å². The average Bonchev–Trinajstić information content (AvgIpc) is 2.60. The van der Waals surface area contributed by atoms with Crippen LogP contribution in [0.25, 0.3) is 5.65 Å². The van der Waals surface area contributed by atoms with Crippen LogP contribution in [-0.2, 0) is 6.42 Å². The Morgan fingerprint density at radius 3 is 2.93 bits per heavy atom. The topological polar surface area (TPSA) is 30.2 Å². The number of hydrogen-bond donors (Lipinski definition) is 0. The molecule has 0 saturated heterocycles. The van der Waals surface area contributed by atoms with Crippen molar-refractivity contribution in [3.05, 3.63) is 29.7 Å². The minimum atomic E-state index is -2.61. The first-order valence-electron chi connectivity index (χ1n) is 4.34. The second-order valence-corrected chi connectivity index (χ2v) is 2.93. The molecule has 0 saturated carbocycles. The predicted octanol–water partition coefficient (Wildman–Crippen LogP) is 2.23. The van der Waals surface area contributed by atoms with Gasteiger partial charge in [-0.05, 0) is 18.1 Å². The Kier molecular flexibility index (Phi) is 2.15. The second kappa shape index (κ2) is 3.32. The van der Waals surface area contributed by atoms with E-state index in [-0.39, 0.29) is 0 Å². The molecule has 3 nitrogen and oxygen atoms in total. The maximum absolute atomic E-state index is 12.3. The molecule has 0 N–H and O–H groups in total. The normalized spacial score (nSPS) is 11.4. The summed E-state index contributed by atoms with van der Waals surface area (Å²) < 4.78 is 26.0. The molecule has 0 atom stereocenters. The van der Waals surface area contributed by atoms with E-state index < -0.39 is 12.2 Å². The van der Waals surface area contributed by atoms with E-state index in [1.165, 1.54) is 4.52 Å². The number of aryl methyl sites for hydroxylation is 1. The Balaban J connectivity index is 2.64. The molecular formula is C9H9F2N3. The Hall–Kier alpha value is -1.52. The van der Waals surface area contributed by atoms with Gasteiger partial charge in [0, 0.05) is 6.20 Å². The summed E-state index contributed by atoms with van der Waals surface area (Å²) in [5, 5.41) is 3.68. The zero-order chi connectivity index (χ0) is 10.1. The number of halogens is 2. The molecule has 2 heterocycles. The van der Waals surface area contributed by atoms with Crippen LogP contribution in [0.3, 0.4) is 0 Å². The van der Waals surface area contributed by atoms with Gasteiger partial charge in [0.1, 0.15) is 0 Å². The number of nitrogens with zero attached hydrogens (tertiary/aromatic N) is 3. The Morgan fingerprint density at radius 1 is 1.50 bits per heavy atom. The predicted molar refractivity (Wildman–Crippen MR) is 47.3 cm³/mol. The molecule has 2 aromatic heterocycles. The van der Waals surface area contributed by atoms with Gasteiger partial charge in [0.2, 0.25) is 5.82 Å². The van der Waals surface area contributed by atoms with Gasteiger partial charge in [-0.3, -0.25) is 0 Å². The maximum Gasteiger partial charge on any atom is 0.299 e. The van der Waals surface area contributed by atoms with Gasteiger partial charge in [-0.1, -0.05) is 13.0 Å². The van der Waals surface area contributed by atoms with Gasteiger partial charge in [-0.2, -0.15) is 0 Å². The molecule has 74 valence electrons. The first-order valence-corrected chi connectivity index (χ1v) is 4.34. The number of rotatable bonds is 2. The summed E-state index contributed by atoms with van der Waals surface area (Å²) in [6, 6.07) is 3.63. The van der Waals surface area contributed by atoms with Crippen LogP contribution in [0.1, 0.15) is 24.7 Å². The molecular weight excluding hydrogens is 188 g/mol. The molecule has 2 aromatic rings. The fourth-order valence-corrected chi connectivity index (χ4v) is 1.35. The van der Waals surface area contributed by atoms with Crippen molar-refractivity contribution in [2.24, 2.45) is 0 Å². The molecule has 14 heavy (non-hydrogen) atoms. The van der Waals surface area contributed by atoms with Crippen molar-refractivity contribution in [1.29, 1.82) is 0 Å². The van der Waals surface area contributed by atoms with E-state index in [0.717, 1.165) is 12.0 Å². The van der Waals surface area contributed by atoms with Crippen molar-refractivity contribution in [1.82, 2.24) is 14.6 Å². The lowest BCUT2D eigenvalue weighted by atomic mass is 10.2. The Bertz CT molecular complexity index is 450. The molecule has 0 aliphatic carbocycles. The monoisotopic (exact) mass is 197 g/mol. The van der Waals surface area contributed by atoms with Crippen LogP contribution in [0.4, 0.5) is 8.78 Å². The number of hydrogen-bond acceptors (Lipinski definition) is 2. The zero-order valence-corrected chi connectivity index (χ0v) is 7.61. The largest absolute Gasteiger partial charge is 0.299 e. The molecule has 0 aromatic carbocycles. The van der Waals surface area contributed by atoms with Gasteiger partial charge < -0.3 is 0 Å². The van der Waals surface area contributed by atoms with E-state index in [2.05, 4.69) is 10.1 Å². The van der Waals surface area contributed by atoms with Crippen LogP contribution in [0.15, 0.2) is 18.3 Å². The highest BCUT2D eigenvalue weighted by atomic mass is 19.3. The fraction of sp³-hybridized carbons (Fsp3) is 0.333. The average molecular weight is 197 g/mol. The maximum atomic E-state index is 12.3. The third-order valence-corrected chi connectivity index (χ3v) is 2.04. The number of pyridine rings is 1. The molecule has 0 aliphatic heterocycles. The van der Waals surface area contributed by atoms with Crippen LogP contribution in [0.2, 0.25) is 0 Å². The van der Waals surface area contributed by atoms with Crippen molar-refractivity contribution in [2.75, 3.05) is 0 Å². The van der Waals surface area contributed by atoms with Gasteiger partial charge in [0.25, 0.3) is 6.43 Å². The van der Waals surface area contributed by atoms with E-state index in [1.807, 2.05) is 13.0 Å². The summed E-state index contributed by atoms with van der Waals surface area (Å²) in [5.41, 5.74) is 1.44. The molecule has 0 radical (unpaired) electrons. The molecule has 0 fully saturated rings. The highest BCUT2D eigenvalue weighted by Crippen LogP contribution is 2.17. The lowest BCUT2D eigenvalue weighted by molar-refractivity contribution is 0.140. The van der Waals surface area contributed by atoms with E-state index in [0.29, 0.717) is 5.65 Å².